The summed E-state index contributed by atoms with van der Waals surface area (Å²) in [6.07, 6.45) is 5.85. The van der Waals surface area contributed by atoms with Gasteiger partial charge in [-0.3, -0.25) is 9.89 Å². The van der Waals surface area contributed by atoms with E-state index in [0.29, 0.717) is 11.4 Å². The molecule has 0 unspecified atom stereocenters. The average molecular weight is 264 g/mol. The monoisotopic (exact) mass is 264 g/mol. The number of aromatic nitrogens is 2. The zero-order valence-corrected chi connectivity index (χ0v) is 11.9. The van der Waals surface area contributed by atoms with Crippen molar-refractivity contribution in [3.63, 3.8) is 0 Å². The van der Waals surface area contributed by atoms with Crippen molar-refractivity contribution in [1.29, 1.82) is 0 Å². The number of rotatable bonds is 2. The Kier molecular flexibility index (Phi) is 4.45. The van der Waals surface area contributed by atoms with Crippen molar-refractivity contribution in [1.82, 2.24) is 15.1 Å². The molecule has 0 radical (unpaired) electrons. The van der Waals surface area contributed by atoms with Gasteiger partial charge in [-0.15, -0.1) is 0 Å². The molecule has 3 N–H and O–H groups in total. The Morgan fingerprint density at radius 2 is 1.79 bits per heavy atom. The zero-order valence-electron chi connectivity index (χ0n) is 11.9. The molecule has 5 nitrogen and oxygen atoms in total. The molecule has 5 heteroatoms. The topological polar surface area (TPSA) is 75.0 Å². The fraction of sp³-hybridized carbons (Fsp3) is 0.714. The van der Waals surface area contributed by atoms with Gasteiger partial charge in [0, 0.05) is 13.1 Å². The minimum absolute atomic E-state index is 0.0254. The molecule has 2 rings (SSSR count). The van der Waals surface area contributed by atoms with Gasteiger partial charge in [0.25, 0.3) is 5.91 Å². The first-order valence-electron chi connectivity index (χ1n) is 7.24. The SMILES string of the molecule is CC(C)c1[nH]nc(C(=O)N2CCCCCCC2)c1N. The zero-order chi connectivity index (χ0) is 13.8. The lowest BCUT2D eigenvalue weighted by molar-refractivity contribution is 0.0737. The second-order valence-corrected chi connectivity index (χ2v) is 5.61. The van der Waals surface area contributed by atoms with Gasteiger partial charge in [0.2, 0.25) is 0 Å². The summed E-state index contributed by atoms with van der Waals surface area (Å²) in [6, 6.07) is 0. The number of hydrogen-bond donors (Lipinski definition) is 2. The predicted molar refractivity (Wildman–Crippen MR) is 76.1 cm³/mol. The summed E-state index contributed by atoms with van der Waals surface area (Å²) in [5, 5.41) is 7.02. The molecule has 2 heterocycles. The number of nitrogens with zero attached hydrogens (tertiary/aromatic N) is 2. The third kappa shape index (κ3) is 3.08. The molecule has 1 aliphatic rings. The lowest BCUT2D eigenvalue weighted by Crippen LogP contribution is -2.34. The van der Waals surface area contributed by atoms with Crippen molar-refractivity contribution in [3.05, 3.63) is 11.4 Å². The van der Waals surface area contributed by atoms with E-state index < -0.39 is 0 Å². The van der Waals surface area contributed by atoms with Gasteiger partial charge in [0.05, 0.1) is 11.4 Å². The fourth-order valence-corrected chi connectivity index (χ4v) is 2.57. The summed E-state index contributed by atoms with van der Waals surface area (Å²) in [6.45, 7) is 5.72. The Morgan fingerprint density at radius 3 is 2.32 bits per heavy atom. The number of anilines is 1. The third-order valence-corrected chi connectivity index (χ3v) is 3.76. The maximum absolute atomic E-state index is 12.5. The lowest BCUT2D eigenvalue weighted by atomic mass is 10.1. The quantitative estimate of drug-likeness (QED) is 0.862. The molecule has 0 saturated carbocycles. The molecule has 0 atom stereocenters. The van der Waals surface area contributed by atoms with Crippen LogP contribution in [0, 0.1) is 0 Å². The van der Waals surface area contributed by atoms with Crippen molar-refractivity contribution in [3.8, 4) is 0 Å². The summed E-state index contributed by atoms with van der Waals surface area (Å²) < 4.78 is 0. The standard InChI is InChI=1S/C14H24N4O/c1-10(2)12-11(15)13(17-16-12)14(19)18-8-6-4-3-5-7-9-18/h10H,3-9,15H2,1-2H3,(H,16,17). The van der Waals surface area contributed by atoms with Gasteiger partial charge in [0.15, 0.2) is 5.69 Å². The van der Waals surface area contributed by atoms with Crippen molar-refractivity contribution in [2.24, 2.45) is 0 Å². The van der Waals surface area contributed by atoms with Gasteiger partial charge in [-0.05, 0) is 18.8 Å². The van der Waals surface area contributed by atoms with Crippen molar-refractivity contribution < 1.29 is 4.79 Å². The molecule has 106 valence electrons. The summed E-state index contributed by atoms with van der Waals surface area (Å²) in [5.74, 6) is 0.226. The van der Waals surface area contributed by atoms with E-state index in [-0.39, 0.29) is 11.8 Å². The number of carbonyl (C=O) groups excluding carboxylic acids is 1. The molecule has 1 aliphatic heterocycles. The third-order valence-electron chi connectivity index (χ3n) is 3.76. The van der Waals surface area contributed by atoms with Crippen LogP contribution in [0.15, 0.2) is 0 Å². The average Bonchev–Trinajstić information content (AvgIpc) is 2.70. The highest BCUT2D eigenvalue weighted by molar-refractivity contribution is 5.97. The van der Waals surface area contributed by atoms with E-state index in [0.717, 1.165) is 31.6 Å². The number of amides is 1. The van der Waals surface area contributed by atoms with Crippen LogP contribution < -0.4 is 5.73 Å². The minimum atomic E-state index is -0.0254. The van der Waals surface area contributed by atoms with Gasteiger partial charge in [-0.1, -0.05) is 33.1 Å². The first-order valence-corrected chi connectivity index (χ1v) is 7.24. The predicted octanol–water partition coefficient (Wildman–Crippen LogP) is 2.52. The molecule has 0 spiro atoms. The number of nitrogens with one attached hydrogen (secondary N) is 1. The van der Waals surface area contributed by atoms with Gasteiger partial charge >= 0.3 is 0 Å². The minimum Gasteiger partial charge on any atom is -0.395 e. The largest absolute Gasteiger partial charge is 0.395 e. The van der Waals surface area contributed by atoms with Crippen molar-refractivity contribution in [2.75, 3.05) is 18.8 Å². The second-order valence-electron chi connectivity index (χ2n) is 5.61. The van der Waals surface area contributed by atoms with Gasteiger partial charge in [0.1, 0.15) is 0 Å². The lowest BCUT2D eigenvalue weighted by Gasteiger charge is -2.24. The van der Waals surface area contributed by atoms with Crippen LogP contribution in [0.5, 0.6) is 0 Å². The number of aromatic amines is 1. The van der Waals surface area contributed by atoms with E-state index in [1.807, 2.05) is 18.7 Å². The Morgan fingerprint density at radius 1 is 1.21 bits per heavy atom. The molecule has 19 heavy (non-hydrogen) atoms. The normalized spacial score (nSPS) is 17.3. The summed E-state index contributed by atoms with van der Waals surface area (Å²) in [7, 11) is 0. The first kappa shape index (κ1) is 13.9. The van der Waals surface area contributed by atoms with Gasteiger partial charge < -0.3 is 10.6 Å². The van der Waals surface area contributed by atoms with E-state index >= 15 is 0 Å². The molecular formula is C14H24N4O. The number of nitrogen functional groups attached to an aromatic ring is 1. The van der Waals surface area contributed by atoms with Crippen LogP contribution in [-0.4, -0.2) is 34.1 Å². The van der Waals surface area contributed by atoms with Crippen LogP contribution in [0.2, 0.25) is 0 Å². The maximum atomic E-state index is 12.5. The molecule has 0 aromatic carbocycles. The van der Waals surface area contributed by atoms with E-state index in [2.05, 4.69) is 10.2 Å². The number of nitrogens with two attached hydrogens (primary N) is 1. The van der Waals surface area contributed by atoms with Crippen molar-refractivity contribution >= 4 is 11.6 Å². The van der Waals surface area contributed by atoms with E-state index in [9.17, 15) is 4.79 Å². The molecule has 1 aromatic rings. The molecule has 0 bridgehead atoms. The van der Waals surface area contributed by atoms with Crippen LogP contribution in [0.4, 0.5) is 5.69 Å². The summed E-state index contributed by atoms with van der Waals surface area (Å²) >= 11 is 0. The van der Waals surface area contributed by atoms with E-state index in [4.69, 9.17) is 5.73 Å². The maximum Gasteiger partial charge on any atom is 0.276 e. The Balaban J connectivity index is 2.13. The number of carbonyl (C=O) groups is 1. The van der Waals surface area contributed by atoms with Gasteiger partial charge in [-0.2, -0.15) is 5.10 Å². The van der Waals surface area contributed by atoms with Crippen molar-refractivity contribution in [2.45, 2.75) is 51.9 Å². The Labute approximate surface area is 114 Å². The molecule has 0 aliphatic carbocycles. The van der Waals surface area contributed by atoms with Crippen LogP contribution in [0.25, 0.3) is 0 Å². The Hall–Kier alpha value is -1.52. The highest BCUT2D eigenvalue weighted by Gasteiger charge is 2.23. The van der Waals surface area contributed by atoms with E-state index in [1.54, 1.807) is 0 Å². The number of H-pyrrole nitrogens is 1. The number of hydrogen-bond acceptors (Lipinski definition) is 3. The second kappa shape index (κ2) is 6.08. The fourth-order valence-electron chi connectivity index (χ4n) is 2.57. The number of likely N-dealkylation sites (tertiary alicyclic amines) is 1. The van der Waals surface area contributed by atoms with Gasteiger partial charge in [-0.25, -0.2) is 0 Å². The van der Waals surface area contributed by atoms with Crippen LogP contribution >= 0.6 is 0 Å². The molecule has 1 amide bonds. The molecular weight excluding hydrogens is 240 g/mol. The summed E-state index contributed by atoms with van der Waals surface area (Å²) in [5.41, 5.74) is 7.81. The molecule has 1 aromatic heterocycles. The summed E-state index contributed by atoms with van der Waals surface area (Å²) in [4.78, 5) is 14.4. The Bertz CT molecular complexity index is 431. The van der Waals surface area contributed by atoms with Crippen LogP contribution in [0.3, 0.4) is 0 Å². The van der Waals surface area contributed by atoms with E-state index in [1.165, 1.54) is 19.3 Å². The molecule has 1 fully saturated rings. The van der Waals surface area contributed by atoms with Crippen LogP contribution in [0.1, 0.15) is 68.1 Å². The highest BCUT2D eigenvalue weighted by atomic mass is 16.2. The van der Waals surface area contributed by atoms with Crippen LogP contribution in [-0.2, 0) is 0 Å². The smallest absolute Gasteiger partial charge is 0.276 e. The molecule has 1 saturated heterocycles. The highest BCUT2D eigenvalue weighted by Crippen LogP contribution is 2.23. The first-order chi connectivity index (χ1) is 9.11.